The normalized spacial score (nSPS) is 14.2. The average molecular weight is 240 g/mol. The highest BCUT2D eigenvalue weighted by Crippen LogP contribution is 2.03. The third-order valence-corrected chi connectivity index (χ3v) is 4.08. The largest absolute Gasteiger partial charge is 0.330 e. The third-order valence-electron chi connectivity index (χ3n) is 1.82. The van der Waals surface area contributed by atoms with Gasteiger partial charge in [-0.15, -0.1) is 0 Å². The van der Waals surface area contributed by atoms with Gasteiger partial charge in [-0.1, -0.05) is 6.92 Å². The lowest BCUT2D eigenvalue weighted by Gasteiger charge is -2.15. The minimum Gasteiger partial charge on any atom is -0.330 e. The van der Waals surface area contributed by atoms with Gasteiger partial charge in [0.25, 0.3) is 0 Å². The first-order valence-corrected chi connectivity index (χ1v) is 7.79. The third kappa shape index (κ3) is 6.64. The Hall–Kier alpha value is 0.220. The minimum atomic E-state index is -3.12. The van der Waals surface area contributed by atoms with Gasteiger partial charge in [-0.3, -0.25) is 0 Å². The summed E-state index contributed by atoms with van der Waals surface area (Å²) in [4.78, 5) is 0. The Morgan fingerprint density at radius 3 is 2.57 bits per heavy atom. The van der Waals surface area contributed by atoms with E-state index >= 15 is 0 Å². The first-order chi connectivity index (χ1) is 6.55. The molecule has 0 aromatic carbocycles. The molecule has 0 aliphatic heterocycles. The first-order valence-electron chi connectivity index (χ1n) is 4.74. The van der Waals surface area contributed by atoms with Gasteiger partial charge in [0.15, 0.2) is 0 Å². The molecule has 0 spiro atoms. The van der Waals surface area contributed by atoms with Gasteiger partial charge in [-0.05, 0) is 25.6 Å². The lowest BCUT2D eigenvalue weighted by atomic mass is 10.3. The Morgan fingerprint density at radius 1 is 1.50 bits per heavy atom. The molecule has 1 atom stereocenters. The molecule has 6 heteroatoms. The van der Waals surface area contributed by atoms with E-state index in [1.807, 2.05) is 13.2 Å². The number of thioether (sulfide) groups is 1. The van der Waals surface area contributed by atoms with Crippen molar-refractivity contribution in [3.8, 4) is 0 Å². The molecule has 0 aromatic rings. The van der Waals surface area contributed by atoms with Crippen LogP contribution in [0.4, 0.5) is 0 Å². The summed E-state index contributed by atoms with van der Waals surface area (Å²) < 4.78 is 25.6. The number of nitrogens with two attached hydrogens (primary N) is 1. The number of sulfonamides is 1. The van der Waals surface area contributed by atoms with Crippen LogP contribution in [0.2, 0.25) is 0 Å². The molecule has 0 rings (SSSR count). The summed E-state index contributed by atoms with van der Waals surface area (Å²) in [6.45, 7) is 2.40. The molecule has 3 N–H and O–H groups in total. The highest BCUT2D eigenvalue weighted by molar-refractivity contribution is 7.98. The monoisotopic (exact) mass is 240 g/mol. The van der Waals surface area contributed by atoms with Gasteiger partial charge in [-0.2, -0.15) is 11.8 Å². The Bertz CT molecular complexity index is 229. The molecule has 0 aromatic heterocycles. The predicted molar refractivity (Wildman–Crippen MR) is 63.1 cm³/mol. The van der Waals surface area contributed by atoms with Crippen LogP contribution in [0, 0.1) is 0 Å². The molecule has 0 aliphatic rings. The lowest BCUT2D eigenvalue weighted by Crippen LogP contribution is -2.37. The Kier molecular flexibility index (Phi) is 7.62. The fourth-order valence-electron chi connectivity index (χ4n) is 1.02. The van der Waals surface area contributed by atoms with Crippen molar-refractivity contribution < 1.29 is 8.42 Å². The van der Waals surface area contributed by atoms with Gasteiger partial charge < -0.3 is 5.73 Å². The number of hydrogen-bond donors (Lipinski definition) is 2. The highest BCUT2D eigenvalue weighted by Gasteiger charge is 2.15. The second-order valence-electron chi connectivity index (χ2n) is 3.14. The average Bonchev–Trinajstić information content (AvgIpc) is 2.14. The summed E-state index contributed by atoms with van der Waals surface area (Å²) in [5.41, 5.74) is 5.26. The van der Waals surface area contributed by atoms with Crippen molar-refractivity contribution in [1.82, 2.24) is 4.72 Å². The molecule has 0 fully saturated rings. The van der Waals surface area contributed by atoms with Crippen molar-refractivity contribution in [1.29, 1.82) is 0 Å². The van der Waals surface area contributed by atoms with Crippen molar-refractivity contribution in [2.24, 2.45) is 5.73 Å². The fraction of sp³-hybridized carbons (Fsp3) is 1.00. The van der Waals surface area contributed by atoms with Crippen LogP contribution < -0.4 is 10.5 Å². The molecule has 4 nitrogen and oxygen atoms in total. The van der Waals surface area contributed by atoms with Crippen LogP contribution in [-0.2, 0) is 10.0 Å². The van der Waals surface area contributed by atoms with E-state index in [1.165, 1.54) is 0 Å². The minimum absolute atomic E-state index is 0.0489. The second-order valence-corrected chi connectivity index (χ2v) is 5.92. The van der Waals surface area contributed by atoms with Crippen LogP contribution in [0.3, 0.4) is 0 Å². The maximum Gasteiger partial charge on any atom is 0.211 e. The van der Waals surface area contributed by atoms with Gasteiger partial charge in [-0.25, -0.2) is 13.1 Å². The van der Waals surface area contributed by atoms with Crippen LogP contribution in [0.1, 0.15) is 19.8 Å². The summed E-state index contributed by atoms with van der Waals surface area (Å²) in [7, 11) is -3.12. The van der Waals surface area contributed by atoms with Crippen LogP contribution in [-0.4, -0.2) is 38.8 Å². The first kappa shape index (κ1) is 14.2. The zero-order valence-electron chi connectivity index (χ0n) is 8.82. The van der Waals surface area contributed by atoms with Gasteiger partial charge in [0.1, 0.15) is 0 Å². The van der Waals surface area contributed by atoms with Crippen molar-refractivity contribution in [3.05, 3.63) is 0 Å². The van der Waals surface area contributed by atoms with Crippen LogP contribution in [0.15, 0.2) is 0 Å². The molecule has 0 aliphatic carbocycles. The van der Waals surface area contributed by atoms with Crippen molar-refractivity contribution >= 4 is 21.8 Å². The van der Waals surface area contributed by atoms with E-state index < -0.39 is 10.0 Å². The van der Waals surface area contributed by atoms with Crippen LogP contribution in [0.5, 0.6) is 0 Å². The molecule has 86 valence electrons. The SMILES string of the molecule is CCC(CSC)NS(=O)(=O)CCCN. The number of nitrogens with one attached hydrogen (secondary N) is 1. The second kappa shape index (κ2) is 7.50. The van der Waals surface area contributed by atoms with E-state index in [1.54, 1.807) is 11.8 Å². The number of hydrogen-bond acceptors (Lipinski definition) is 4. The molecule has 0 bridgehead atoms. The predicted octanol–water partition coefficient (Wildman–Crippen LogP) is 0.396. The van der Waals surface area contributed by atoms with Gasteiger partial charge in [0.05, 0.1) is 5.75 Å². The molecule has 0 amide bonds. The van der Waals surface area contributed by atoms with Gasteiger partial charge >= 0.3 is 0 Å². The quantitative estimate of drug-likeness (QED) is 0.644. The Labute approximate surface area is 91.1 Å². The van der Waals surface area contributed by atoms with E-state index in [4.69, 9.17) is 5.73 Å². The maximum atomic E-state index is 11.5. The standard InChI is InChI=1S/C8H20N2O2S2/c1-3-8(7-13-2)10-14(11,12)6-4-5-9/h8,10H,3-7,9H2,1-2H3. The maximum absolute atomic E-state index is 11.5. The zero-order chi connectivity index (χ0) is 11.0. The summed E-state index contributed by atoms with van der Waals surface area (Å²) in [6, 6.07) is 0.0489. The molecule has 14 heavy (non-hydrogen) atoms. The van der Waals surface area contributed by atoms with Gasteiger partial charge in [0, 0.05) is 11.8 Å². The van der Waals surface area contributed by atoms with Crippen molar-refractivity contribution in [2.75, 3.05) is 24.3 Å². The fourth-order valence-corrected chi connectivity index (χ4v) is 3.27. The van der Waals surface area contributed by atoms with E-state index in [-0.39, 0.29) is 11.8 Å². The molecule has 0 saturated heterocycles. The van der Waals surface area contributed by atoms with E-state index in [9.17, 15) is 8.42 Å². The Balaban J connectivity index is 4.04. The molecular formula is C8H20N2O2S2. The van der Waals surface area contributed by atoms with Crippen LogP contribution >= 0.6 is 11.8 Å². The van der Waals surface area contributed by atoms with E-state index in [2.05, 4.69) is 4.72 Å². The molecule has 1 unspecified atom stereocenters. The smallest absolute Gasteiger partial charge is 0.211 e. The van der Waals surface area contributed by atoms with E-state index in [0.717, 1.165) is 12.2 Å². The summed E-state index contributed by atoms with van der Waals surface area (Å²) in [6.07, 6.45) is 3.31. The van der Waals surface area contributed by atoms with Crippen molar-refractivity contribution in [3.63, 3.8) is 0 Å². The van der Waals surface area contributed by atoms with Gasteiger partial charge in [0.2, 0.25) is 10.0 Å². The summed E-state index contributed by atoms with van der Waals surface area (Å²) in [5, 5.41) is 0. The lowest BCUT2D eigenvalue weighted by molar-refractivity contribution is 0.556. The number of rotatable bonds is 8. The van der Waals surface area contributed by atoms with Crippen molar-refractivity contribution in [2.45, 2.75) is 25.8 Å². The summed E-state index contributed by atoms with van der Waals surface area (Å²) in [5.74, 6) is 0.951. The molecule has 0 radical (unpaired) electrons. The molecule has 0 saturated carbocycles. The topological polar surface area (TPSA) is 72.2 Å². The van der Waals surface area contributed by atoms with Crippen LogP contribution in [0.25, 0.3) is 0 Å². The summed E-state index contributed by atoms with van der Waals surface area (Å²) >= 11 is 1.65. The zero-order valence-corrected chi connectivity index (χ0v) is 10.5. The van der Waals surface area contributed by atoms with E-state index in [0.29, 0.717) is 13.0 Å². The molecular weight excluding hydrogens is 220 g/mol. The molecule has 0 heterocycles. The Morgan fingerprint density at radius 2 is 2.14 bits per heavy atom. The highest BCUT2D eigenvalue weighted by atomic mass is 32.2.